The molecule has 0 aromatic rings. The van der Waals surface area contributed by atoms with Gasteiger partial charge in [-0.3, -0.25) is 19.2 Å². The zero-order chi connectivity index (χ0) is 13.3. The second-order valence-electron chi connectivity index (χ2n) is 3.19. The summed E-state index contributed by atoms with van der Waals surface area (Å²) in [5, 5.41) is 0. The van der Waals surface area contributed by atoms with Crippen LogP contribution in [0, 0.1) is 0 Å². The molecule has 0 N–H and O–H groups in total. The molecule has 0 fully saturated rings. The van der Waals surface area contributed by atoms with Crippen LogP contribution >= 0.6 is 23.2 Å². The molecule has 17 heavy (non-hydrogen) atoms. The van der Waals surface area contributed by atoms with E-state index in [1.807, 2.05) is 0 Å². The fourth-order valence-electron chi connectivity index (χ4n) is 0.846. The lowest BCUT2D eigenvalue weighted by Crippen LogP contribution is -2.15. The molecule has 0 atom stereocenters. The number of hydrogen-bond acceptors (Lipinski definition) is 5. The van der Waals surface area contributed by atoms with Crippen LogP contribution in [0.5, 0.6) is 0 Å². The molecule has 0 aliphatic heterocycles. The molecule has 96 valence electrons. The lowest BCUT2D eigenvalue weighted by atomic mass is 10.2. The highest BCUT2D eigenvalue weighted by Gasteiger charge is 2.13. The van der Waals surface area contributed by atoms with Crippen molar-refractivity contribution in [1.29, 1.82) is 0 Å². The summed E-state index contributed by atoms with van der Waals surface area (Å²) in [6.07, 6.45) is -0.506. The second-order valence-corrected chi connectivity index (χ2v) is 3.73. The smallest absolute Gasteiger partial charge is 0.313 e. The van der Waals surface area contributed by atoms with Crippen molar-refractivity contribution in [2.45, 2.75) is 25.7 Å². The van der Waals surface area contributed by atoms with Gasteiger partial charge >= 0.3 is 11.9 Å². The van der Waals surface area contributed by atoms with Crippen LogP contribution in [-0.4, -0.2) is 35.3 Å². The molecular weight excluding hydrogens is 271 g/mol. The average molecular weight is 283 g/mol. The standard InChI is InChI=1S/C10H12Cl2O5/c11-5-7(13)1-3-9(15)17-10(16)4-2-8(14)6-12/h1-6H2. The summed E-state index contributed by atoms with van der Waals surface area (Å²) in [6.45, 7) is 0. The summed E-state index contributed by atoms with van der Waals surface area (Å²) < 4.78 is 4.37. The zero-order valence-electron chi connectivity index (χ0n) is 9.04. The Labute approximate surface area is 108 Å². The van der Waals surface area contributed by atoms with Crippen LogP contribution in [-0.2, 0) is 23.9 Å². The third kappa shape index (κ3) is 8.83. The number of ketones is 2. The van der Waals surface area contributed by atoms with Gasteiger partial charge in [0.25, 0.3) is 0 Å². The van der Waals surface area contributed by atoms with Gasteiger partial charge < -0.3 is 4.74 Å². The molecule has 0 spiro atoms. The van der Waals surface area contributed by atoms with Gasteiger partial charge in [0.05, 0.1) is 24.6 Å². The first-order chi connectivity index (χ1) is 7.99. The van der Waals surface area contributed by atoms with Gasteiger partial charge in [-0.05, 0) is 0 Å². The van der Waals surface area contributed by atoms with Crippen molar-refractivity contribution in [2.75, 3.05) is 11.8 Å². The number of halogens is 2. The maximum Gasteiger partial charge on any atom is 0.313 e. The minimum atomic E-state index is -0.799. The van der Waals surface area contributed by atoms with Gasteiger partial charge in [0.15, 0.2) is 0 Å². The summed E-state index contributed by atoms with van der Waals surface area (Å²) in [5.74, 6) is -2.54. The molecule has 0 unspecified atom stereocenters. The van der Waals surface area contributed by atoms with Crippen LogP contribution in [0.4, 0.5) is 0 Å². The van der Waals surface area contributed by atoms with E-state index in [2.05, 4.69) is 4.74 Å². The van der Waals surface area contributed by atoms with E-state index < -0.39 is 11.9 Å². The van der Waals surface area contributed by atoms with Crippen molar-refractivity contribution >= 4 is 46.7 Å². The summed E-state index contributed by atoms with van der Waals surface area (Å²) in [7, 11) is 0. The first kappa shape index (κ1) is 16.1. The van der Waals surface area contributed by atoms with E-state index in [4.69, 9.17) is 23.2 Å². The Hall–Kier alpha value is -0.940. The molecule has 0 saturated heterocycles. The molecule has 0 radical (unpaired) electrons. The van der Waals surface area contributed by atoms with E-state index in [9.17, 15) is 19.2 Å². The van der Waals surface area contributed by atoms with Crippen LogP contribution in [0.15, 0.2) is 0 Å². The minimum Gasteiger partial charge on any atom is -0.393 e. The molecule has 0 rings (SSSR count). The number of carbonyl (C=O) groups excluding carboxylic acids is 4. The third-order valence-corrected chi connectivity index (χ3v) is 2.34. The van der Waals surface area contributed by atoms with Crippen molar-refractivity contribution in [2.24, 2.45) is 0 Å². The van der Waals surface area contributed by atoms with Gasteiger partial charge in [0.1, 0.15) is 11.6 Å². The van der Waals surface area contributed by atoms with E-state index in [1.165, 1.54) is 0 Å². The molecule has 0 aliphatic carbocycles. The highest BCUT2D eigenvalue weighted by atomic mass is 35.5. The fraction of sp³-hybridized carbons (Fsp3) is 0.600. The lowest BCUT2D eigenvalue weighted by molar-refractivity contribution is -0.160. The first-order valence-electron chi connectivity index (χ1n) is 4.88. The predicted octanol–water partition coefficient (Wildman–Crippen LogP) is 1.23. The Morgan fingerprint density at radius 1 is 0.706 bits per heavy atom. The molecule has 0 aliphatic rings. The quantitative estimate of drug-likeness (QED) is 0.380. The van der Waals surface area contributed by atoms with Crippen LogP contribution in [0.3, 0.4) is 0 Å². The van der Waals surface area contributed by atoms with Crippen LogP contribution < -0.4 is 0 Å². The molecule has 0 saturated carbocycles. The van der Waals surface area contributed by atoms with Crippen molar-refractivity contribution in [3.63, 3.8) is 0 Å². The zero-order valence-corrected chi connectivity index (χ0v) is 10.6. The lowest BCUT2D eigenvalue weighted by Gasteiger charge is -2.01. The molecule has 0 bridgehead atoms. The molecule has 0 aromatic carbocycles. The highest BCUT2D eigenvalue weighted by molar-refractivity contribution is 6.28. The van der Waals surface area contributed by atoms with E-state index in [0.29, 0.717) is 0 Å². The Morgan fingerprint density at radius 2 is 1.06 bits per heavy atom. The Bertz CT molecular complexity index is 284. The second kappa shape index (κ2) is 9.13. The highest BCUT2D eigenvalue weighted by Crippen LogP contribution is 2.00. The monoisotopic (exact) mass is 282 g/mol. The van der Waals surface area contributed by atoms with Crippen LogP contribution in [0.2, 0.25) is 0 Å². The Balaban J connectivity index is 3.77. The fourth-order valence-corrected chi connectivity index (χ4v) is 1.11. The number of rotatable bonds is 8. The summed E-state index contributed by atoms with van der Waals surface area (Å²) in [5.41, 5.74) is 0. The number of ether oxygens (including phenoxy) is 1. The number of Topliss-reactive ketones (excluding diaryl/α,β-unsaturated/α-hetero) is 2. The summed E-state index contributed by atoms with van der Waals surface area (Å²) in [6, 6.07) is 0. The molecule has 0 amide bonds. The number of esters is 2. The SMILES string of the molecule is O=C(CCl)CCC(=O)OC(=O)CCC(=O)CCl. The van der Waals surface area contributed by atoms with Gasteiger partial charge in [0, 0.05) is 12.8 Å². The Kier molecular flexibility index (Phi) is 8.62. The van der Waals surface area contributed by atoms with Crippen molar-refractivity contribution < 1.29 is 23.9 Å². The van der Waals surface area contributed by atoms with Gasteiger partial charge in [-0.15, -0.1) is 23.2 Å². The Morgan fingerprint density at radius 3 is 1.35 bits per heavy atom. The van der Waals surface area contributed by atoms with E-state index in [1.54, 1.807) is 0 Å². The molecule has 5 nitrogen and oxygen atoms in total. The van der Waals surface area contributed by atoms with Crippen molar-refractivity contribution in [3.05, 3.63) is 0 Å². The normalized spacial score (nSPS) is 9.76. The summed E-state index contributed by atoms with van der Waals surface area (Å²) in [4.78, 5) is 43.6. The maximum absolute atomic E-state index is 11.0. The van der Waals surface area contributed by atoms with Crippen LogP contribution in [0.25, 0.3) is 0 Å². The largest absolute Gasteiger partial charge is 0.393 e. The van der Waals surface area contributed by atoms with Crippen molar-refractivity contribution in [3.8, 4) is 0 Å². The van der Waals surface area contributed by atoms with E-state index >= 15 is 0 Å². The van der Waals surface area contributed by atoms with Gasteiger partial charge in [0.2, 0.25) is 0 Å². The van der Waals surface area contributed by atoms with Crippen molar-refractivity contribution in [1.82, 2.24) is 0 Å². The molecule has 0 heterocycles. The predicted molar refractivity (Wildman–Crippen MR) is 61.0 cm³/mol. The average Bonchev–Trinajstić information content (AvgIpc) is 2.32. The molecule has 0 aromatic heterocycles. The van der Waals surface area contributed by atoms with Gasteiger partial charge in [-0.2, -0.15) is 0 Å². The number of carbonyl (C=O) groups is 4. The minimum absolute atomic E-state index is 0.0593. The van der Waals surface area contributed by atoms with E-state index in [-0.39, 0.29) is 49.0 Å². The third-order valence-electron chi connectivity index (χ3n) is 1.74. The first-order valence-corrected chi connectivity index (χ1v) is 5.95. The molecule has 7 heteroatoms. The number of alkyl halides is 2. The number of hydrogen-bond donors (Lipinski definition) is 0. The van der Waals surface area contributed by atoms with Crippen LogP contribution in [0.1, 0.15) is 25.7 Å². The summed E-state index contributed by atoms with van der Waals surface area (Å²) >= 11 is 10.4. The van der Waals surface area contributed by atoms with Gasteiger partial charge in [-0.1, -0.05) is 0 Å². The van der Waals surface area contributed by atoms with Gasteiger partial charge in [-0.25, -0.2) is 0 Å². The molecular formula is C10H12Cl2O5. The topological polar surface area (TPSA) is 77.5 Å². The van der Waals surface area contributed by atoms with E-state index in [0.717, 1.165) is 0 Å². The maximum atomic E-state index is 11.0.